The van der Waals surface area contributed by atoms with Crippen LogP contribution in [0, 0.1) is 0 Å². The van der Waals surface area contributed by atoms with Gasteiger partial charge in [0.2, 0.25) is 0 Å². The molecule has 5 rings (SSSR count). The number of ketones is 1. The lowest BCUT2D eigenvalue weighted by molar-refractivity contribution is -0.138. The van der Waals surface area contributed by atoms with Gasteiger partial charge < -0.3 is 4.74 Å². The Balaban J connectivity index is 1.68. The van der Waals surface area contributed by atoms with Gasteiger partial charge in [-0.3, -0.25) is 4.79 Å². The van der Waals surface area contributed by atoms with Crippen molar-refractivity contribution in [2.24, 2.45) is 0 Å². The molecular weight excluding hydrogens is 527 g/mol. The molecule has 0 spiro atoms. The van der Waals surface area contributed by atoms with Crippen molar-refractivity contribution < 1.29 is 14.3 Å². The number of Topliss-reactive ketones (excluding diaryl/α,β-unsaturated/α-hetero) is 1. The molecule has 4 aromatic carbocycles. The van der Waals surface area contributed by atoms with E-state index in [4.69, 9.17) is 39.5 Å². The zero-order valence-corrected chi connectivity index (χ0v) is 21.8. The van der Waals surface area contributed by atoms with Gasteiger partial charge in [-0.05, 0) is 41.0 Å². The summed E-state index contributed by atoms with van der Waals surface area (Å²) in [4.78, 5) is 26.8. The molecule has 1 heterocycles. The molecule has 1 aliphatic rings. The lowest BCUT2D eigenvalue weighted by Gasteiger charge is -2.26. The molecule has 0 fully saturated rings. The smallest absolute Gasteiger partial charge is 0.339 e. The summed E-state index contributed by atoms with van der Waals surface area (Å²) in [6.45, 7) is 0. The highest BCUT2D eigenvalue weighted by molar-refractivity contribution is 6.42. The van der Waals surface area contributed by atoms with Crippen molar-refractivity contribution >= 4 is 57.7 Å². The third kappa shape index (κ3) is 5.35. The average Bonchev–Trinajstić information content (AvgIpc) is 3.27. The first kappa shape index (κ1) is 25.3. The zero-order valence-electron chi connectivity index (χ0n) is 19.5. The van der Waals surface area contributed by atoms with Crippen molar-refractivity contribution in [3.63, 3.8) is 0 Å². The highest BCUT2D eigenvalue weighted by Gasteiger charge is 2.41. The van der Waals surface area contributed by atoms with Crippen LogP contribution in [0.4, 0.5) is 0 Å². The summed E-state index contributed by atoms with van der Waals surface area (Å²) in [6.07, 6.45) is -0.620. The highest BCUT2D eigenvalue weighted by atomic mass is 35.5. The molecule has 0 bridgehead atoms. The molecule has 1 aliphatic heterocycles. The summed E-state index contributed by atoms with van der Waals surface area (Å²) in [5.74, 6) is -0.985. The average molecular weight is 548 g/mol. The van der Waals surface area contributed by atoms with Gasteiger partial charge in [-0.1, -0.05) is 114 Å². The fraction of sp³-hybridized carbons (Fsp3) is 0.0968. The Bertz CT molecular complexity index is 1480. The molecule has 0 aromatic heterocycles. The van der Waals surface area contributed by atoms with Crippen LogP contribution in [0.2, 0.25) is 15.1 Å². The Hall–Kier alpha value is -3.37. The quantitative estimate of drug-likeness (QED) is 0.172. The van der Waals surface area contributed by atoms with E-state index in [9.17, 15) is 9.59 Å². The maximum Gasteiger partial charge on any atom is 0.339 e. The molecule has 0 aliphatic carbocycles. The van der Waals surface area contributed by atoms with Crippen LogP contribution in [0.5, 0.6) is 0 Å². The Morgan fingerprint density at radius 2 is 1.41 bits per heavy atom. The maximum absolute atomic E-state index is 13.4. The summed E-state index contributed by atoms with van der Waals surface area (Å²) in [6, 6.07) is 31.0. The molecule has 4 aromatic rings. The van der Waals surface area contributed by atoms with E-state index in [-0.39, 0.29) is 12.2 Å². The van der Waals surface area contributed by atoms with Gasteiger partial charge in [0, 0.05) is 28.5 Å². The van der Waals surface area contributed by atoms with Gasteiger partial charge >= 0.3 is 5.97 Å². The van der Waals surface area contributed by atoms with Gasteiger partial charge in [-0.2, -0.15) is 0 Å². The number of hydrogen-bond acceptors (Lipinski definition) is 3. The molecular formula is C31H21Cl3O3. The molecule has 0 radical (unpaired) electrons. The largest absolute Gasteiger partial charge is 0.453 e. The number of carbonyl (C=O) groups excluding carboxylic acids is 2. The SMILES string of the molecule is O=C1O[C@@H]([C@@H](CC(=O)c2ccccc2)c2ccc(Cl)cc2)C(c2ccc(Cl)c(Cl)c2)=C1c1ccccc1. The van der Waals surface area contributed by atoms with Crippen molar-refractivity contribution in [1.29, 1.82) is 0 Å². The van der Waals surface area contributed by atoms with Crippen molar-refractivity contribution in [3.05, 3.63) is 140 Å². The first-order valence-corrected chi connectivity index (χ1v) is 12.9. The Morgan fingerprint density at radius 3 is 2.05 bits per heavy atom. The molecule has 0 N–H and O–H groups in total. The zero-order chi connectivity index (χ0) is 25.9. The monoisotopic (exact) mass is 546 g/mol. The first-order chi connectivity index (χ1) is 17.9. The van der Waals surface area contributed by atoms with Crippen LogP contribution >= 0.6 is 34.8 Å². The van der Waals surface area contributed by atoms with E-state index in [2.05, 4.69) is 0 Å². The number of hydrogen-bond donors (Lipinski definition) is 0. The third-order valence-corrected chi connectivity index (χ3v) is 7.44. The molecule has 6 heteroatoms. The minimum atomic E-state index is -0.742. The molecule has 0 unspecified atom stereocenters. The van der Waals surface area contributed by atoms with E-state index < -0.39 is 18.0 Å². The summed E-state index contributed by atoms with van der Waals surface area (Å²) in [5.41, 5.74) is 3.95. The fourth-order valence-corrected chi connectivity index (χ4v) is 5.09. The highest BCUT2D eigenvalue weighted by Crippen LogP contribution is 2.45. The molecule has 0 saturated carbocycles. The van der Waals surface area contributed by atoms with Gasteiger partial charge in [0.25, 0.3) is 0 Å². The topological polar surface area (TPSA) is 43.4 Å². The number of halogens is 3. The van der Waals surface area contributed by atoms with Crippen molar-refractivity contribution in [2.45, 2.75) is 18.4 Å². The second kappa shape index (κ2) is 10.9. The molecule has 0 amide bonds. The van der Waals surface area contributed by atoms with Crippen molar-refractivity contribution in [1.82, 2.24) is 0 Å². The summed E-state index contributed by atoms with van der Waals surface area (Å²) >= 11 is 18.8. The summed E-state index contributed by atoms with van der Waals surface area (Å²) in [5, 5.41) is 1.34. The maximum atomic E-state index is 13.4. The molecule has 184 valence electrons. The van der Waals surface area contributed by atoms with Gasteiger partial charge in [0.15, 0.2) is 5.78 Å². The van der Waals surface area contributed by atoms with Crippen molar-refractivity contribution in [2.75, 3.05) is 0 Å². The summed E-state index contributed by atoms with van der Waals surface area (Å²) in [7, 11) is 0. The second-order valence-corrected chi connectivity index (χ2v) is 10.0. The normalized spacial score (nSPS) is 16.0. The van der Waals surface area contributed by atoms with E-state index in [1.807, 2.05) is 66.7 Å². The predicted molar refractivity (Wildman–Crippen MR) is 149 cm³/mol. The molecule has 0 saturated heterocycles. The number of ether oxygens (including phenoxy) is 1. The summed E-state index contributed by atoms with van der Waals surface area (Å²) < 4.78 is 6.07. The standard InChI is InChI=1S/C31H21Cl3O3/c32-23-14-11-19(12-15-23)24(18-27(35)20-7-3-1-4-8-20)30-28(22-13-16-25(33)26(34)17-22)29(31(36)37-30)21-9-5-2-6-10-21/h1-17,24,30H,18H2/t24-,30-/m0/s1. The van der Waals surface area contributed by atoms with Crippen LogP contribution in [0.3, 0.4) is 0 Å². The van der Waals surface area contributed by atoms with E-state index in [0.29, 0.717) is 37.3 Å². The van der Waals surface area contributed by atoms with E-state index in [1.54, 1.807) is 36.4 Å². The van der Waals surface area contributed by atoms with Crippen LogP contribution in [0.15, 0.2) is 103 Å². The van der Waals surface area contributed by atoms with E-state index in [1.165, 1.54) is 0 Å². The van der Waals surface area contributed by atoms with Crippen LogP contribution in [0.1, 0.15) is 39.4 Å². The van der Waals surface area contributed by atoms with Crippen LogP contribution in [-0.4, -0.2) is 17.9 Å². The number of esters is 1. The number of cyclic esters (lactones) is 1. The van der Waals surface area contributed by atoms with Gasteiger partial charge in [0.1, 0.15) is 6.10 Å². The fourth-order valence-electron chi connectivity index (χ4n) is 4.67. The molecule has 37 heavy (non-hydrogen) atoms. The van der Waals surface area contributed by atoms with E-state index in [0.717, 1.165) is 11.1 Å². The Labute approximate surface area is 230 Å². The predicted octanol–water partition coefficient (Wildman–Crippen LogP) is 8.54. The lowest BCUT2D eigenvalue weighted by atomic mass is 9.81. The number of carbonyl (C=O) groups is 2. The Kier molecular flexibility index (Phi) is 7.48. The molecule has 3 nitrogen and oxygen atoms in total. The van der Waals surface area contributed by atoms with Crippen molar-refractivity contribution in [3.8, 4) is 0 Å². The lowest BCUT2D eigenvalue weighted by Crippen LogP contribution is -2.24. The van der Waals surface area contributed by atoms with Crippen LogP contribution in [-0.2, 0) is 9.53 Å². The molecule has 2 atom stereocenters. The van der Waals surface area contributed by atoms with Gasteiger partial charge in [-0.15, -0.1) is 0 Å². The number of rotatable bonds is 7. The minimum absolute atomic E-state index is 0.0572. The van der Waals surface area contributed by atoms with Gasteiger partial charge in [0.05, 0.1) is 15.6 Å². The van der Waals surface area contributed by atoms with Crippen LogP contribution in [0.25, 0.3) is 11.1 Å². The third-order valence-electron chi connectivity index (χ3n) is 6.45. The van der Waals surface area contributed by atoms with E-state index >= 15 is 0 Å². The number of benzene rings is 4. The minimum Gasteiger partial charge on any atom is -0.453 e. The Morgan fingerprint density at radius 1 is 0.757 bits per heavy atom. The second-order valence-electron chi connectivity index (χ2n) is 8.76. The van der Waals surface area contributed by atoms with Gasteiger partial charge in [-0.25, -0.2) is 4.79 Å². The van der Waals surface area contributed by atoms with Crippen LogP contribution < -0.4 is 0 Å². The first-order valence-electron chi connectivity index (χ1n) is 11.7.